The second kappa shape index (κ2) is 38.8. The number of benzene rings is 1. The predicted molar refractivity (Wildman–Crippen MR) is 233 cm³/mol. The highest BCUT2D eigenvalue weighted by atomic mass is 16.6. The molecule has 0 bridgehead atoms. The minimum atomic E-state index is -1.22. The van der Waals surface area contributed by atoms with Crippen LogP contribution in [-0.4, -0.2) is 148 Å². The molecule has 2 rings (SSSR count). The fourth-order valence-electron chi connectivity index (χ4n) is 3.86. The van der Waals surface area contributed by atoms with Crippen molar-refractivity contribution in [2.75, 3.05) is 32.8 Å². The van der Waals surface area contributed by atoms with Gasteiger partial charge < -0.3 is 91.5 Å². The van der Waals surface area contributed by atoms with Crippen molar-refractivity contribution in [1.82, 2.24) is 10.6 Å². The van der Waals surface area contributed by atoms with Gasteiger partial charge in [-0.25, -0.2) is 4.79 Å². The number of nitrogens with one attached hydrogen (secondary N) is 3. The Morgan fingerprint density at radius 3 is 1.67 bits per heavy atom. The molecule has 0 unspecified atom stereocenters. The molecule has 7 atom stereocenters. The second-order valence-electron chi connectivity index (χ2n) is 13.9. The van der Waals surface area contributed by atoms with E-state index in [2.05, 4.69) is 21.1 Å². The van der Waals surface area contributed by atoms with Gasteiger partial charge in [-0.3, -0.25) is 39.0 Å². The third kappa shape index (κ3) is 37.9. The number of guanidine groups is 1. The van der Waals surface area contributed by atoms with Gasteiger partial charge in [0.15, 0.2) is 5.96 Å². The number of carbonyl (C=O) groups excluding carboxylic acids is 3. The Morgan fingerprint density at radius 2 is 1.33 bits per heavy atom. The Kier molecular flexibility index (Phi) is 39.2. The highest BCUT2D eigenvalue weighted by molar-refractivity contribution is 5.89. The number of hydrogen-bond acceptors (Lipinski definition) is 19. The van der Waals surface area contributed by atoms with E-state index in [-0.39, 0.29) is 43.5 Å². The number of carboxylic acids is 5. The summed E-state index contributed by atoms with van der Waals surface area (Å²) in [4.78, 5) is 83.2. The fourth-order valence-corrected chi connectivity index (χ4v) is 3.86. The zero-order valence-corrected chi connectivity index (χ0v) is 36.7. The largest absolute Gasteiger partial charge is 0.480 e. The molecular formula is C38H71N11O15. The maximum absolute atomic E-state index is 11.5. The molecule has 0 saturated carbocycles. The Bertz CT molecular complexity index is 1520. The molecule has 0 aliphatic carbocycles. The summed E-state index contributed by atoms with van der Waals surface area (Å²) in [5.41, 5.74) is 42.2. The maximum Gasteiger partial charge on any atom is 0.330 e. The van der Waals surface area contributed by atoms with E-state index < -0.39 is 78.0 Å². The number of hydrogen-bond donors (Lipinski definition) is 16. The van der Waals surface area contributed by atoms with Gasteiger partial charge in [-0.2, -0.15) is 0 Å². The van der Waals surface area contributed by atoms with E-state index in [0.717, 1.165) is 31.4 Å². The van der Waals surface area contributed by atoms with Crippen LogP contribution in [0.25, 0.3) is 0 Å². The summed E-state index contributed by atoms with van der Waals surface area (Å²) in [6.45, 7) is 7.65. The van der Waals surface area contributed by atoms with Gasteiger partial charge in [-0.05, 0) is 56.0 Å². The van der Waals surface area contributed by atoms with Crippen LogP contribution in [0.15, 0.2) is 30.3 Å². The van der Waals surface area contributed by atoms with E-state index in [0.29, 0.717) is 25.8 Å². The third-order valence-electron chi connectivity index (χ3n) is 8.09. The first-order valence-electron chi connectivity index (χ1n) is 19.8. The Morgan fingerprint density at radius 1 is 0.797 bits per heavy atom. The number of esters is 3. The van der Waals surface area contributed by atoms with Crippen molar-refractivity contribution in [2.24, 2.45) is 57.7 Å². The Labute approximate surface area is 371 Å². The first-order valence-corrected chi connectivity index (χ1v) is 19.8. The van der Waals surface area contributed by atoms with Gasteiger partial charge in [0.25, 0.3) is 0 Å². The van der Waals surface area contributed by atoms with Gasteiger partial charge >= 0.3 is 47.8 Å². The van der Waals surface area contributed by atoms with E-state index in [1.807, 2.05) is 44.2 Å². The molecule has 26 nitrogen and oxygen atoms in total. The van der Waals surface area contributed by atoms with E-state index >= 15 is 0 Å². The van der Waals surface area contributed by atoms with Gasteiger partial charge in [0, 0.05) is 6.54 Å². The number of aliphatic carboxylic acids is 5. The number of carboxylic acid groups (broad SMARTS) is 5. The van der Waals surface area contributed by atoms with Crippen molar-refractivity contribution in [1.29, 1.82) is 5.41 Å². The van der Waals surface area contributed by atoms with Gasteiger partial charge in [0.05, 0.1) is 13.1 Å². The minimum absolute atomic E-state index is 0.00178. The van der Waals surface area contributed by atoms with Crippen LogP contribution in [0.3, 0.4) is 0 Å². The van der Waals surface area contributed by atoms with Crippen LogP contribution >= 0.6 is 0 Å². The Hall–Kier alpha value is -5.87. The molecule has 24 N–H and O–H groups in total. The third-order valence-corrected chi connectivity index (χ3v) is 8.09. The lowest BCUT2D eigenvalue weighted by Crippen LogP contribution is -2.40. The zero-order valence-electron chi connectivity index (χ0n) is 36.7. The van der Waals surface area contributed by atoms with Crippen LogP contribution in [0.2, 0.25) is 0 Å². The standard InChI is InChI=1S/C12H16N2O4.C8H16N2O3.C6H14N4O2.C5H9NO2.C5H11NO2.C2H5NO2/c13-9(6-8-4-2-1-3-5-8)12(17)18-7-10(14)11(15)16;1-3-5(2)7(10)8(12)13-6(11)4-9;7-4(5(11)12)2-1-3-10-6(8)9;7-5(8)4-2-1-3-6-4;1-3(2)4(6)5(7)8;3-1-2(4)5/h1-5,9-10H,6-7,13-14H2,(H,15,16);5,7H,3-4,9-10H2,1-2H3;4H,1-3,7H2,(H,11,12)(H4,8,9,10);4,6H,1-3H2,(H,7,8);3-4H,6H2,1-2H3,(H,7,8);1,3H2,(H,4,5)/t9-,10-;5-,7-;3*4-;/m00000./s1. The quantitative estimate of drug-likeness (QED) is 0.0210. The van der Waals surface area contributed by atoms with Gasteiger partial charge in [0.1, 0.15) is 42.9 Å². The molecule has 0 spiro atoms. The maximum atomic E-state index is 11.5. The van der Waals surface area contributed by atoms with E-state index in [1.54, 1.807) is 13.8 Å². The van der Waals surface area contributed by atoms with E-state index in [1.165, 1.54) is 0 Å². The molecule has 1 aromatic carbocycles. The lowest BCUT2D eigenvalue weighted by molar-refractivity contribution is -0.160. The van der Waals surface area contributed by atoms with Crippen LogP contribution in [0.1, 0.15) is 65.4 Å². The molecule has 1 aromatic rings. The Balaban J connectivity index is -0.000000352. The summed E-state index contributed by atoms with van der Waals surface area (Å²) in [5, 5.41) is 53.3. The average Bonchev–Trinajstić information content (AvgIpc) is 3.80. The summed E-state index contributed by atoms with van der Waals surface area (Å²) in [6.07, 6.45) is 3.85. The molecule has 26 heteroatoms. The highest BCUT2D eigenvalue weighted by Gasteiger charge is 2.23. The van der Waals surface area contributed by atoms with Crippen molar-refractivity contribution in [3.8, 4) is 0 Å². The molecule has 1 saturated heterocycles. The molecular weight excluding hydrogens is 850 g/mol. The molecule has 1 fully saturated rings. The van der Waals surface area contributed by atoms with Crippen LogP contribution in [0.4, 0.5) is 0 Å². The number of nitrogens with two attached hydrogens (primary N) is 8. The molecule has 1 aliphatic heterocycles. The van der Waals surface area contributed by atoms with E-state index in [4.69, 9.17) is 75.8 Å². The lowest BCUT2D eigenvalue weighted by Gasteiger charge is -2.15. The molecule has 0 amide bonds. The summed E-state index contributed by atoms with van der Waals surface area (Å²) < 4.78 is 9.09. The smallest absolute Gasteiger partial charge is 0.330 e. The normalized spacial score (nSPS) is 15.0. The number of carbonyl (C=O) groups is 8. The zero-order chi connectivity index (χ0) is 50.5. The highest BCUT2D eigenvalue weighted by Crippen LogP contribution is 2.07. The molecule has 368 valence electrons. The molecule has 64 heavy (non-hydrogen) atoms. The monoisotopic (exact) mass is 922 g/mol. The summed E-state index contributed by atoms with van der Waals surface area (Å²) >= 11 is 0. The minimum Gasteiger partial charge on any atom is -0.480 e. The molecule has 1 heterocycles. The fraction of sp³-hybridized carbons (Fsp3) is 0.605. The van der Waals surface area contributed by atoms with Gasteiger partial charge in [-0.15, -0.1) is 0 Å². The summed E-state index contributed by atoms with van der Waals surface area (Å²) in [6, 6.07) is 4.63. The van der Waals surface area contributed by atoms with Crippen molar-refractivity contribution in [3.05, 3.63) is 35.9 Å². The topological polar surface area (TPSA) is 512 Å². The van der Waals surface area contributed by atoms with Crippen molar-refractivity contribution in [2.45, 2.75) is 102 Å². The van der Waals surface area contributed by atoms with Crippen molar-refractivity contribution in [3.63, 3.8) is 0 Å². The van der Waals surface area contributed by atoms with Crippen LogP contribution in [0, 0.1) is 17.2 Å². The number of ether oxygens (including phenoxy) is 2. The number of rotatable bonds is 19. The van der Waals surface area contributed by atoms with Gasteiger partial charge in [0.2, 0.25) is 0 Å². The van der Waals surface area contributed by atoms with Gasteiger partial charge in [-0.1, -0.05) is 64.4 Å². The van der Waals surface area contributed by atoms with E-state index in [9.17, 15) is 38.4 Å². The van der Waals surface area contributed by atoms with Crippen molar-refractivity contribution < 1.29 is 73.4 Å². The van der Waals surface area contributed by atoms with Crippen molar-refractivity contribution >= 4 is 53.7 Å². The average molecular weight is 922 g/mol. The SMILES string of the molecule is CC(C)[C@H](N)C(=O)O.CC[C@H](C)[C@H](N)C(=O)OC(=O)CN.N=C(N)NCCC[C@H](N)C(=O)O.NCC(=O)O.N[C@@H](COC(=O)[C@@H](N)Cc1ccccc1)C(=O)O.O=C(O)[C@@H]1CCCN1. The summed E-state index contributed by atoms with van der Waals surface area (Å²) in [7, 11) is 0. The van der Waals surface area contributed by atoms with Crippen LogP contribution in [-0.2, 0) is 54.3 Å². The summed E-state index contributed by atoms with van der Waals surface area (Å²) in [5.74, 6) is -7.04. The van der Waals surface area contributed by atoms with Crippen LogP contribution < -0.4 is 56.5 Å². The molecule has 1 aliphatic rings. The molecule has 0 aromatic heterocycles. The predicted octanol–water partition coefficient (Wildman–Crippen LogP) is -3.53. The lowest BCUT2D eigenvalue weighted by atomic mass is 10.0. The molecule has 0 radical (unpaired) electrons. The first-order chi connectivity index (χ1) is 29.7. The second-order valence-corrected chi connectivity index (χ2v) is 13.9. The first kappa shape index (κ1) is 64.8. The van der Waals surface area contributed by atoms with Crippen LogP contribution in [0.5, 0.6) is 0 Å².